The molecule has 2 heterocycles. The summed E-state index contributed by atoms with van der Waals surface area (Å²) in [6.45, 7) is 7.22. The van der Waals surface area contributed by atoms with Crippen molar-refractivity contribution >= 4 is 56.5 Å². The third kappa shape index (κ3) is 8.82. The van der Waals surface area contributed by atoms with Gasteiger partial charge < -0.3 is 19.1 Å². The highest BCUT2D eigenvalue weighted by Gasteiger charge is 2.32. The minimum Gasteiger partial charge on any atom is -0.368 e. The second-order valence-corrected chi connectivity index (χ2v) is 17.1. The number of anilines is 4. The largest absolute Gasteiger partial charge is 0.446 e. The molecule has 290 valence electrons. The highest BCUT2D eigenvalue weighted by Crippen LogP contribution is 2.43. The molecule has 6 aromatic rings. The molecule has 7 nitrogen and oxygen atoms in total. The lowest BCUT2D eigenvalue weighted by Gasteiger charge is -2.37. The van der Waals surface area contributed by atoms with Crippen LogP contribution in [0.5, 0.6) is 0 Å². The average molecular weight is 818 g/mol. The summed E-state index contributed by atoms with van der Waals surface area (Å²) in [6.07, 6.45) is 0. The normalized spacial score (nSPS) is 13.6. The van der Waals surface area contributed by atoms with Gasteiger partial charge in [0.2, 0.25) is 0 Å². The highest BCUT2D eigenvalue weighted by molar-refractivity contribution is 8.01. The van der Waals surface area contributed by atoms with Gasteiger partial charge in [-0.05, 0) is 145 Å². The molecule has 0 saturated carbocycles. The summed E-state index contributed by atoms with van der Waals surface area (Å²) in [7, 11) is -2.16. The van der Waals surface area contributed by atoms with Gasteiger partial charge in [-0.25, -0.2) is 12.8 Å². The Labute approximate surface area is 332 Å². The van der Waals surface area contributed by atoms with E-state index < -0.39 is 15.5 Å². The van der Waals surface area contributed by atoms with Crippen molar-refractivity contribution in [2.45, 2.75) is 34.0 Å². The summed E-state index contributed by atoms with van der Waals surface area (Å²) in [5.74, 6) is -0.271. The van der Waals surface area contributed by atoms with Crippen LogP contribution in [0.1, 0.15) is 11.3 Å². The first-order chi connectivity index (χ1) is 26.8. The number of nitrogens with one attached hydrogen (secondary N) is 2. The summed E-state index contributed by atoms with van der Waals surface area (Å²) in [6, 6.07) is 34.8. The first-order valence-corrected chi connectivity index (χ1v) is 20.9. The second-order valence-electron chi connectivity index (χ2n) is 13.4. The zero-order valence-corrected chi connectivity index (χ0v) is 33.2. The molecule has 1 aromatic heterocycles. The summed E-state index contributed by atoms with van der Waals surface area (Å²) in [5, 5.41) is 0. The molecular formula is C42H39F4N5O2S3. The Balaban J connectivity index is 1.01. The van der Waals surface area contributed by atoms with E-state index in [2.05, 4.69) is 61.9 Å². The SMILES string of the molecule is Cc1c(-c2cccc(N3CCN(c4ccc(NS(=O)(=O)c5ccc(NSc6ccccc6)c(SC(F)(F)F)c5)cc4)CC3)c2)c(-c2ccc(F)cc2)n(C)c1C. The Hall–Kier alpha value is -5.05. The molecule has 0 aliphatic carbocycles. The van der Waals surface area contributed by atoms with E-state index in [-0.39, 0.29) is 33.1 Å². The van der Waals surface area contributed by atoms with Gasteiger partial charge in [-0.15, -0.1) is 0 Å². The smallest absolute Gasteiger partial charge is 0.368 e. The van der Waals surface area contributed by atoms with Gasteiger partial charge in [0.25, 0.3) is 10.0 Å². The molecule has 1 aliphatic rings. The second kappa shape index (κ2) is 16.2. The fourth-order valence-corrected chi connectivity index (χ4v) is 9.43. The lowest BCUT2D eigenvalue weighted by molar-refractivity contribution is -0.0328. The quantitative estimate of drug-likeness (QED) is 0.0767. The van der Waals surface area contributed by atoms with E-state index in [1.54, 1.807) is 12.1 Å². The molecule has 56 heavy (non-hydrogen) atoms. The number of hydrogen-bond acceptors (Lipinski definition) is 7. The molecule has 0 radical (unpaired) electrons. The van der Waals surface area contributed by atoms with Crippen LogP contribution in [0.4, 0.5) is 40.3 Å². The van der Waals surface area contributed by atoms with E-state index in [0.717, 1.165) is 88.5 Å². The fraction of sp³-hybridized carbons (Fsp3) is 0.190. The van der Waals surface area contributed by atoms with Crippen LogP contribution < -0.4 is 19.2 Å². The van der Waals surface area contributed by atoms with Gasteiger partial charge in [0.15, 0.2) is 0 Å². The molecular weight excluding hydrogens is 779 g/mol. The summed E-state index contributed by atoms with van der Waals surface area (Å²) >= 11 is 0.759. The van der Waals surface area contributed by atoms with Gasteiger partial charge in [0, 0.05) is 71.3 Å². The van der Waals surface area contributed by atoms with Crippen molar-refractivity contribution in [3.63, 3.8) is 0 Å². The van der Waals surface area contributed by atoms with Crippen molar-refractivity contribution in [3.05, 3.63) is 138 Å². The Morgan fingerprint density at radius 3 is 2.04 bits per heavy atom. The minimum atomic E-state index is -4.62. The number of benzene rings is 5. The Morgan fingerprint density at radius 2 is 1.38 bits per heavy atom. The first-order valence-electron chi connectivity index (χ1n) is 17.8. The number of piperazine rings is 1. The molecule has 0 atom stereocenters. The van der Waals surface area contributed by atoms with Crippen molar-refractivity contribution in [2.24, 2.45) is 7.05 Å². The third-order valence-electron chi connectivity index (χ3n) is 9.89. The van der Waals surface area contributed by atoms with Gasteiger partial charge in [-0.2, -0.15) is 13.2 Å². The summed E-state index contributed by atoms with van der Waals surface area (Å²) in [5.41, 5.74) is 4.39. The minimum absolute atomic E-state index is 0.148. The van der Waals surface area contributed by atoms with Crippen LogP contribution in [0.3, 0.4) is 0 Å². The standard InChI is InChI=1S/C42H39F4N5O2S3/c1-28-29(2)49(3)41(30-12-14-32(43)15-13-30)40(28)31-8-7-9-35(26-31)51-24-22-50(23-25-51)34-18-16-33(17-19-34)48-56(52,53)37-20-21-38(39(27-37)54-42(44,45)46)47-55-36-10-5-4-6-11-36/h4-21,26-27,47-48H,22-25H2,1-3H3. The summed E-state index contributed by atoms with van der Waals surface area (Å²) in [4.78, 5) is 4.82. The van der Waals surface area contributed by atoms with E-state index in [1.165, 1.54) is 29.8 Å². The molecule has 0 amide bonds. The Morgan fingerprint density at radius 1 is 0.714 bits per heavy atom. The topological polar surface area (TPSA) is 69.6 Å². The van der Waals surface area contributed by atoms with E-state index >= 15 is 0 Å². The third-order valence-corrected chi connectivity index (χ3v) is 12.9. The van der Waals surface area contributed by atoms with Crippen molar-refractivity contribution in [1.82, 2.24) is 4.57 Å². The van der Waals surface area contributed by atoms with Crippen molar-refractivity contribution in [3.8, 4) is 22.4 Å². The molecule has 14 heteroatoms. The maximum Gasteiger partial charge on any atom is 0.446 e. The van der Waals surface area contributed by atoms with Gasteiger partial charge in [0.1, 0.15) is 5.82 Å². The highest BCUT2D eigenvalue weighted by atomic mass is 32.2. The predicted molar refractivity (Wildman–Crippen MR) is 222 cm³/mol. The maximum atomic E-state index is 13.8. The van der Waals surface area contributed by atoms with Crippen molar-refractivity contribution in [2.75, 3.05) is 45.4 Å². The lowest BCUT2D eigenvalue weighted by Crippen LogP contribution is -2.46. The van der Waals surface area contributed by atoms with Crippen LogP contribution >= 0.6 is 23.7 Å². The Bertz CT molecular complexity index is 2430. The van der Waals surface area contributed by atoms with Crippen LogP contribution in [-0.4, -0.2) is 44.7 Å². The Kier molecular flexibility index (Phi) is 11.3. The molecule has 1 saturated heterocycles. The van der Waals surface area contributed by atoms with Gasteiger partial charge in [-0.3, -0.25) is 4.72 Å². The van der Waals surface area contributed by atoms with E-state index in [1.807, 2.05) is 61.6 Å². The monoisotopic (exact) mass is 817 g/mol. The zero-order valence-electron chi connectivity index (χ0n) is 30.8. The number of sulfonamides is 1. The van der Waals surface area contributed by atoms with Gasteiger partial charge >= 0.3 is 5.51 Å². The van der Waals surface area contributed by atoms with Gasteiger partial charge in [0.05, 0.1) is 16.3 Å². The number of hydrogen-bond donors (Lipinski definition) is 2. The summed E-state index contributed by atoms with van der Waals surface area (Å²) < 4.78 is 88.6. The maximum absolute atomic E-state index is 13.8. The van der Waals surface area contributed by atoms with Crippen LogP contribution in [0.25, 0.3) is 22.4 Å². The van der Waals surface area contributed by atoms with Crippen molar-refractivity contribution < 1.29 is 26.0 Å². The molecule has 5 aromatic carbocycles. The molecule has 1 fully saturated rings. The van der Waals surface area contributed by atoms with E-state index in [4.69, 9.17) is 0 Å². The number of rotatable bonds is 11. The molecule has 7 rings (SSSR count). The first kappa shape index (κ1) is 39.2. The lowest BCUT2D eigenvalue weighted by atomic mass is 9.97. The number of thioether (sulfide) groups is 1. The van der Waals surface area contributed by atoms with Gasteiger partial charge in [-0.1, -0.05) is 30.3 Å². The van der Waals surface area contributed by atoms with Crippen LogP contribution in [0.15, 0.2) is 136 Å². The van der Waals surface area contributed by atoms with E-state index in [9.17, 15) is 26.0 Å². The van der Waals surface area contributed by atoms with Crippen LogP contribution in [-0.2, 0) is 17.1 Å². The number of halogens is 4. The number of aromatic nitrogens is 1. The van der Waals surface area contributed by atoms with Crippen molar-refractivity contribution in [1.29, 1.82) is 0 Å². The molecule has 0 unspecified atom stereocenters. The molecule has 1 aliphatic heterocycles. The fourth-order valence-electron chi connectivity index (χ4n) is 6.85. The van der Waals surface area contributed by atoms with Crippen LogP contribution in [0.2, 0.25) is 0 Å². The van der Waals surface area contributed by atoms with Crippen LogP contribution in [0, 0.1) is 19.7 Å². The zero-order chi connectivity index (χ0) is 39.6. The average Bonchev–Trinajstić information content (AvgIpc) is 3.41. The molecule has 2 N–H and O–H groups in total. The molecule has 0 spiro atoms. The number of nitrogens with zero attached hydrogens (tertiary/aromatic N) is 3. The predicted octanol–water partition coefficient (Wildman–Crippen LogP) is 11.0. The van der Waals surface area contributed by atoms with E-state index in [0.29, 0.717) is 5.69 Å². The number of alkyl halides is 3. The molecule has 0 bridgehead atoms.